The summed E-state index contributed by atoms with van der Waals surface area (Å²) in [5.74, 6) is -0.373. The van der Waals surface area contributed by atoms with E-state index in [9.17, 15) is 9.18 Å². The fourth-order valence-corrected chi connectivity index (χ4v) is 2.75. The Morgan fingerprint density at radius 2 is 1.96 bits per heavy atom. The third-order valence-corrected chi connectivity index (χ3v) is 4.16. The van der Waals surface area contributed by atoms with Crippen molar-refractivity contribution in [3.05, 3.63) is 80.7 Å². The number of hydrogen-bond donors (Lipinski definition) is 1. The quantitative estimate of drug-likeness (QED) is 0.728. The van der Waals surface area contributed by atoms with Crippen molar-refractivity contribution < 1.29 is 4.39 Å². The zero-order chi connectivity index (χ0) is 17.1. The summed E-state index contributed by atoms with van der Waals surface area (Å²) < 4.78 is 17.3. The SMILES string of the molecule is CNCc1ccc(-n2cnn(Cc3ccc(Br)cc3F)c2=O)cc1. The lowest BCUT2D eigenvalue weighted by Crippen LogP contribution is -2.24. The summed E-state index contributed by atoms with van der Waals surface area (Å²) in [6, 6.07) is 12.4. The van der Waals surface area contributed by atoms with Gasteiger partial charge in [-0.2, -0.15) is 5.10 Å². The van der Waals surface area contributed by atoms with Crippen LogP contribution in [0.25, 0.3) is 5.69 Å². The molecule has 0 radical (unpaired) electrons. The van der Waals surface area contributed by atoms with E-state index in [0.717, 1.165) is 17.8 Å². The van der Waals surface area contributed by atoms with E-state index < -0.39 is 0 Å². The standard InChI is InChI=1S/C17H16BrFN4O/c1-20-9-12-2-6-15(7-3-12)22-11-21-23(17(22)24)10-13-4-5-14(18)8-16(13)19/h2-8,11,20H,9-10H2,1H3. The molecule has 2 aromatic carbocycles. The molecule has 5 nitrogen and oxygen atoms in total. The molecule has 24 heavy (non-hydrogen) atoms. The maximum absolute atomic E-state index is 13.9. The number of rotatable bonds is 5. The molecule has 0 unspecified atom stereocenters. The predicted octanol–water partition coefficient (Wildman–Crippen LogP) is 2.70. The molecule has 0 spiro atoms. The summed E-state index contributed by atoms with van der Waals surface area (Å²) in [4.78, 5) is 12.5. The fraction of sp³-hybridized carbons (Fsp3) is 0.176. The lowest BCUT2D eigenvalue weighted by Gasteiger charge is -2.04. The Labute approximate surface area is 146 Å². The molecule has 1 N–H and O–H groups in total. The van der Waals surface area contributed by atoms with E-state index in [0.29, 0.717) is 10.0 Å². The van der Waals surface area contributed by atoms with Gasteiger partial charge in [0.05, 0.1) is 12.2 Å². The number of hydrogen-bond acceptors (Lipinski definition) is 3. The van der Waals surface area contributed by atoms with Crippen molar-refractivity contribution in [1.82, 2.24) is 19.7 Å². The molecule has 3 rings (SSSR count). The highest BCUT2D eigenvalue weighted by molar-refractivity contribution is 9.10. The van der Waals surface area contributed by atoms with Crippen LogP contribution in [-0.4, -0.2) is 21.4 Å². The van der Waals surface area contributed by atoms with E-state index in [1.165, 1.54) is 21.6 Å². The maximum Gasteiger partial charge on any atom is 0.350 e. The van der Waals surface area contributed by atoms with Crippen LogP contribution in [0.2, 0.25) is 0 Å². The molecule has 1 aromatic heterocycles. The first-order valence-corrected chi connectivity index (χ1v) is 8.20. The van der Waals surface area contributed by atoms with E-state index in [2.05, 4.69) is 26.3 Å². The lowest BCUT2D eigenvalue weighted by atomic mass is 10.2. The summed E-state index contributed by atoms with van der Waals surface area (Å²) in [6.07, 6.45) is 1.45. The van der Waals surface area contributed by atoms with Crippen LogP contribution in [0.1, 0.15) is 11.1 Å². The van der Waals surface area contributed by atoms with E-state index >= 15 is 0 Å². The van der Waals surface area contributed by atoms with Gasteiger partial charge in [0.15, 0.2) is 0 Å². The van der Waals surface area contributed by atoms with Gasteiger partial charge < -0.3 is 5.32 Å². The van der Waals surface area contributed by atoms with E-state index in [1.807, 2.05) is 31.3 Å². The number of benzene rings is 2. The molecule has 1 heterocycles. The normalized spacial score (nSPS) is 11.0. The van der Waals surface area contributed by atoms with E-state index in [1.54, 1.807) is 12.1 Å². The van der Waals surface area contributed by atoms with Crippen molar-refractivity contribution >= 4 is 15.9 Å². The van der Waals surface area contributed by atoms with Gasteiger partial charge in [-0.15, -0.1) is 0 Å². The molecular formula is C17H16BrFN4O. The van der Waals surface area contributed by atoms with Gasteiger partial charge in [0.2, 0.25) is 0 Å². The van der Waals surface area contributed by atoms with Crippen molar-refractivity contribution in [2.24, 2.45) is 0 Å². The molecule has 0 saturated heterocycles. The first-order valence-electron chi connectivity index (χ1n) is 7.41. The largest absolute Gasteiger partial charge is 0.350 e. The maximum atomic E-state index is 13.9. The van der Waals surface area contributed by atoms with Crippen LogP contribution in [-0.2, 0) is 13.1 Å². The third-order valence-electron chi connectivity index (χ3n) is 3.66. The number of aromatic nitrogens is 3. The molecular weight excluding hydrogens is 375 g/mol. The summed E-state index contributed by atoms with van der Waals surface area (Å²) in [6.45, 7) is 0.847. The van der Waals surface area contributed by atoms with Crippen molar-refractivity contribution in [1.29, 1.82) is 0 Å². The minimum Gasteiger partial charge on any atom is -0.316 e. The van der Waals surface area contributed by atoms with Crippen molar-refractivity contribution in [3.63, 3.8) is 0 Å². The molecule has 0 fully saturated rings. The molecule has 0 bridgehead atoms. The summed E-state index contributed by atoms with van der Waals surface area (Å²) in [7, 11) is 1.88. The van der Waals surface area contributed by atoms with Gasteiger partial charge in [0.1, 0.15) is 12.1 Å². The first kappa shape index (κ1) is 16.6. The Hall–Kier alpha value is -2.25. The molecule has 0 amide bonds. The van der Waals surface area contributed by atoms with Crippen LogP contribution in [0.3, 0.4) is 0 Å². The van der Waals surface area contributed by atoms with Crippen LogP contribution < -0.4 is 11.0 Å². The Bertz CT molecular complexity index is 902. The molecule has 0 aliphatic heterocycles. The smallest absolute Gasteiger partial charge is 0.316 e. The monoisotopic (exact) mass is 390 g/mol. The summed E-state index contributed by atoms with van der Waals surface area (Å²) >= 11 is 3.21. The average Bonchev–Trinajstić information content (AvgIpc) is 2.92. The van der Waals surface area contributed by atoms with Crippen molar-refractivity contribution in [3.8, 4) is 5.69 Å². The number of nitrogens with one attached hydrogen (secondary N) is 1. The summed E-state index contributed by atoms with van der Waals surface area (Å²) in [5, 5.41) is 7.16. The van der Waals surface area contributed by atoms with Crippen LogP contribution in [0.5, 0.6) is 0 Å². The van der Waals surface area contributed by atoms with E-state index in [-0.39, 0.29) is 18.1 Å². The Kier molecular flexibility index (Phi) is 4.92. The van der Waals surface area contributed by atoms with Crippen LogP contribution in [0.15, 0.2) is 58.1 Å². The predicted molar refractivity (Wildman–Crippen MR) is 93.8 cm³/mol. The zero-order valence-electron chi connectivity index (χ0n) is 13.0. The molecule has 7 heteroatoms. The molecule has 0 aliphatic carbocycles. The first-order chi connectivity index (χ1) is 11.6. The highest BCUT2D eigenvalue weighted by Gasteiger charge is 2.10. The van der Waals surface area contributed by atoms with Gasteiger partial charge in [0.25, 0.3) is 0 Å². The Morgan fingerprint density at radius 3 is 2.62 bits per heavy atom. The summed E-state index contributed by atoms with van der Waals surface area (Å²) in [5.41, 5.74) is 1.95. The highest BCUT2D eigenvalue weighted by Crippen LogP contribution is 2.15. The van der Waals surface area contributed by atoms with Gasteiger partial charge in [-0.3, -0.25) is 0 Å². The van der Waals surface area contributed by atoms with Gasteiger partial charge in [0, 0.05) is 16.6 Å². The lowest BCUT2D eigenvalue weighted by molar-refractivity contribution is 0.576. The minimum absolute atomic E-state index is 0.0861. The molecule has 0 aliphatic rings. The number of nitrogens with zero attached hydrogens (tertiary/aromatic N) is 3. The van der Waals surface area contributed by atoms with Gasteiger partial charge in [-0.1, -0.05) is 34.1 Å². The van der Waals surface area contributed by atoms with Crippen molar-refractivity contribution in [2.45, 2.75) is 13.1 Å². The average molecular weight is 391 g/mol. The highest BCUT2D eigenvalue weighted by atomic mass is 79.9. The van der Waals surface area contributed by atoms with Crippen LogP contribution >= 0.6 is 15.9 Å². The second kappa shape index (κ2) is 7.11. The number of halogens is 2. The fourth-order valence-electron chi connectivity index (χ4n) is 2.41. The second-order valence-corrected chi connectivity index (χ2v) is 6.29. The topological polar surface area (TPSA) is 51.9 Å². The molecule has 3 aromatic rings. The zero-order valence-corrected chi connectivity index (χ0v) is 14.6. The van der Waals surface area contributed by atoms with Crippen LogP contribution in [0.4, 0.5) is 4.39 Å². The molecule has 124 valence electrons. The Morgan fingerprint density at radius 1 is 1.21 bits per heavy atom. The Balaban J connectivity index is 1.87. The molecule has 0 atom stereocenters. The van der Waals surface area contributed by atoms with Crippen molar-refractivity contribution in [2.75, 3.05) is 7.05 Å². The van der Waals surface area contributed by atoms with E-state index in [4.69, 9.17) is 0 Å². The molecule has 0 saturated carbocycles. The van der Waals surface area contributed by atoms with Gasteiger partial charge >= 0.3 is 5.69 Å². The minimum atomic E-state index is -0.373. The van der Waals surface area contributed by atoms with Gasteiger partial charge in [-0.25, -0.2) is 18.4 Å². The third kappa shape index (κ3) is 3.47. The second-order valence-electron chi connectivity index (χ2n) is 5.37. The van der Waals surface area contributed by atoms with Gasteiger partial charge in [-0.05, 0) is 36.9 Å². The van der Waals surface area contributed by atoms with Crippen LogP contribution in [0, 0.1) is 5.82 Å².